The molecule has 0 atom stereocenters. The fourth-order valence-corrected chi connectivity index (χ4v) is 3.92. The molecule has 0 aliphatic rings. The molecule has 0 spiro atoms. The zero-order valence-electron chi connectivity index (χ0n) is 16.0. The molecule has 3 rings (SSSR count). The molecule has 1 N–H and O–H groups in total. The van der Waals surface area contributed by atoms with Crippen LogP contribution in [-0.2, 0) is 13.2 Å². The minimum absolute atomic E-state index is 0.504. The Morgan fingerprint density at radius 1 is 0.964 bits per heavy atom. The molecule has 0 saturated heterocycles. The number of rotatable bonds is 8. The van der Waals surface area contributed by atoms with E-state index in [9.17, 15) is 0 Å². The molecular formula is C23H23BrINO2. The first kappa shape index (κ1) is 21.0. The normalized spacial score (nSPS) is 10.6. The van der Waals surface area contributed by atoms with Crippen LogP contribution in [0.2, 0.25) is 0 Å². The molecule has 0 aromatic heterocycles. The van der Waals surface area contributed by atoms with Gasteiger partial charge < -0.3 is 14.8 Å². The minimum Gasteiger partial charge on any atom is -0.490 e. The Balaban J connectivity index is 1.75. The highest BCUT2D eigenvalue weighted by molar-refractivity contribution is 14.1. The van der Waals surface area contributed by atoms with Crippen molar-refractivity contribution in [1.29, 1.82) is 0 Å². The highest BCUT2D eigenvalue weighted by Gasteiger charge is 2.13. The van der Waals surface area contributed by atoms with E-state index in [0.717, 1.165) is 42.9 Å². The Bertz CT molecular complexity index is 928. The molecular weight excluding hydrogens is 529 g/mol. The molecule has 146 valence electrons. The molecule has 0 saturated carbocycles. The second-order valence-electron chi connectivity index (χ2n) is 6.42. The molecule has 3 nitrogen and oxygen atoms in total. The number of anilines is 1. The first-order valence-corrected chi connectivity index (χ1v) is 11.1. The monoisotopic (exact) mass is 551 g/mol. The van der Waals surface area contributed by atoms with Crippen LogP contribution >= 0.6 is 38.5 Å². The summed E-state index contributed by atoms with van der Waals surface area (Å²) in [4.78, 5) is 0. The van der Waals surface area contributed by atoms with E-state index in [0.29, 0.717) is 13.2 Å². The summed E-state index contributed by atoms with van der Waals surface area (Å²) in [7, 11) is 0. The fourth-order valence-electron chi connectivity index (χ4n) is 2.83. The number of nitrogens with one attached hydrogen (secondary N) is 1. The summed E-state index contributed by atoms with van der Waals surface area (Å²) in [6.07, 6.45) is 0. The zero-order valence-corrected chi connectivity index (χ0v) is 19.7. The van der Waals surface area contributed by atoms with Crippen LogP contribution in [0.3, 0.4) is 0 Å². The smallest absolute Gasteiger partial charge is 0.174 e. The van der Waals surface area contributed by atoms with E-state index in [-0.39, 0.29) is 0 Å². The fraction of sp³-hybridized carbons (Fsp3) is 0.217. The van der Waals surface area contributed by atoms with Gasteiger partial charge in [0.05, 0.1) is 10.2 Å². The first-order chi connectivity index (χ1) is 13.6. The van der Waals surface area contributed by atoms with Crippen molar-refractivity contribution in [2.24, 2.45) is 0 Å². The summed E-state index contributed by atoms with van der Waals surface area (Å²) in [5, 5.41) is 3.50. The van der Waals surface area contributed by atoms with E-state index < -0.39 is 0 Å². The van der Waals surface area contributed by atoms with Crippen LogP contribution < -0.4 is 14.8 Å². The quantitative estimate of drug-likeness (QED) is 0.307. The molecule has 0 unspecified atom stereocenters. The van der Waals surface area contributed by atoms with Crippen molar-refractivity contribution in [2.45, 2.75) is 27.0 Å². The topological polar surface area (TPSA) is 30.5 Å². The maximum absolute atomic E-state index is 6.12. The lowest BCUT2D eigenvalue weighted by Gasteiger charge is -2.16. The standard InChI is InChI=1S/C23H23BrINO2/c1-3-27-22-13-18(14-26-21-7-5-4-6-16(21)2)12-20(25)23(22)28-15-17-8-10-19(24)11-9-17/h4-13,26H,3,14-15H2,1-2H3. The second kappa shape index (κ2) is 10.2. The van der Waals surface area contributed by atoms with Gasteiger partial charge in [-0.3, -0.25) is 0 Å². The molecule has 0 radical (unpaired) electrons. The highest BCUT2D eigenvalue weighted by atomic mass is 127. The van der Waals surface area contributed by atoms with E-state index in [1.54, 1.807) is 0 Å². The van der Waals surface area contributed by atoms with Crippen LogP contribution in [0.5, 0.6) is 11.5 Å². The molecule has 3 aromatic carbocycles. The third-order valence-corrected chi connectivity index (χ3v) is 5.62. The van der Waals surface area contributed by atoms with Crippen molar-refractivity contribution < 1.29 is 9.47 Å². The predicted octanol–water partition coefficient (Wildman–Crippen LogP) is 6.95. The van der Waals surface area contributed by atoms with Crippen LogP contribution in [0.15, 0.2) is 65.1 Å². The van der Waals surface area contributed by atoms with E-state index >= 15 is 0 Å². The number of hydrogen-bond donors (Lipinski definition) is 1. The highest BCUT2D eigenvalue weighted by Crippen LogP contribution is 2.35. The number of hydrogen-bond acceptors (Lipinski definition) is 3. The molecule has 0 aliphatic carbocycles. The Hall–Kier alpha value is -1.73. The second-order valence-corrected chi connectivity index (χ2v) is 8.50. The summed E-state index contributed by atoms with van der Waals surface area (Å²) in [6.45, 7) is 5.93. The maximum atomic E-state index is 6.12. The molecule has 28 heavy (non-hydrogen) atoms. The van der Waals surface area contributed by atoms with Gasteiger partial charge in [0.2, 0.25) is 0 Å². The Morgan fingerprint density at radius 2 is 1.71 bits per heavy atom. The largest absolute Gasteiger partial charge is 0.490 e. The molecule has 3 aromatic rings. The lowest BCUT2D eigenvalue weighted by molar-refractivity contribution is 0.267. The number of halogens is 2. The summed E-state index contributed by atoms with van der Waals surface area (Å²) in [6, 6.07) is 20.7. The summed E-state index contributed by atoms with van der Waals surface area (Å²) in [5.41, 5.74) is 4.65. The predicted molar refractivity (Wildman–Crippen MR) is 127 cm³/mol. The van der Waals surface area contributed by atoms with E-state index in [2.05, 4.69) is 87.2 Å². The first-order valence-electron chi connectivity index (χ1n) is 9.18. The van der Waals surface area contributed by atoms with Gasteiger partial charge in [0, 0.05) is 16.7 Å². The Kier molecular flexibility index (Phi) is 7.62. The average Bonchev–Trinajstić information content (AvgIpc) is 2.68. The van der Waals surface area contributed by atoms with Crippen molar-refractivity contribution in [2.75, 3.05) is 11.9 Å². The van der Waals surface area contributed by atoms with Gasteiger partial charge in [0.25, 0.3) is 0 Å². The van der Waals surface area contributed by atoms with Crippen molar-refractivity contribution >= 4 is 44.2 Å². The summed E-state index contributed by atoms with van der Waals surface area (Å²) in [5.74, 6) is 1.58. The minimum atomic E-state index is 0.504. The molecule has 0 bridgehead atoms. The van der Waals surface area contributed by atoms with Gasteiger partial charge in [-0.1, -0.05) is 46.3 Å². The summed E-state index contributed by atoms with van der Waals surface area (Å²) >= 11 is 5.78. The molecule has 5 heteroatoms. The molecule has 0 amide bonds. The Labute approximate surface area is 188 Å². The number of para-hydroxylation sites is 1. The lowest BCUT2D eigenvalue weighted by atomic mass is 10.1. The van der Waals surface area contributed by atoms with Gasteiger partial charge in [-0.2, -0.15) is 0 Å². The van der Waals surface area contributed by atoms with E-state index in [4.69, 9.17) is 9.47 Å². The van der Waals surface area contributed by atoms with Gasteiger partial charge in [0.15, 0.2) is 11.5 Å². The van der Waals surface area contributed by atoms with Crippen LogP contribution in [0.1, 0.15) is 23.6 Å². The number of benzene rings is 3. The van der Waals surface area contributed by atoms with Gasteiger partial charge in [-0.15, -0.1) is 0 Å². The van der Waals surface area contributed by atoms with Crippen LogP contribution in [-0.4, -0.2) is 6.61 Å². The van der Waals surface area contributed by atoms with Crippen molar-refractivity contribution in [3.8, 4) is 11.5 Å². The van der Waals surface area contributed by atoms with Crippen LogP contribution in [0.25, 0.3) is 0 Å². The van der Waals surface area contributed by atoms with E-state index in [1.807, 2.05) is 31.2 Å². The zero-order chi connectivity index (χ0) is 19.9. The maximum Gasteiger partial charge on any atom is 0.174 e. The SMILES string of the molecule is CCOc1cc(CNc2ccccc2C)cc(I)c1OCc1ccc(Br)cc1. The van der Waals surface area contributed by atoms with Gasteiger partial charge in [-0.25, -0.2) is 0 Å². The number of ether oxygens (including phenoxy) is 2. The Morgan fingerprint density at radius 3 is 2.43 bits per heavy atom. The van der Waals surface area contributed by atoms with Crippen LogP contribution in [0.4, 0.5) is 5.69 Å². The van der Waals surface area contributed by atoms with Gasteiger partial charge in [0.1, 0.15) is 6.61 Å². The van der Waals surface area contributed by atoms with Crippen LogP contribution in [0, 0.1) is 10.5 Å². The van der Waals surface area contributed by atoms with Gasteiger partial charge >= 0.3 is 0 Å². The third kappa shape index (κ3) is 5.64. The van der Waals surface area contributed by atoms with Crippen molar-refractivity contribution in [3.05, 3.63) is 85.4 Å². The van der Waals surface area contributed by atoms with E-state index in [1.165, 1.54) is 5.56 Å². The number of aryl methyl sites for hydroxylation is 1. The van der Waals surface area contributed by atoms with Crippen molar-refractivity contribution in [1.82, 2.24) is 0 Å². The third-order valence-electron chi connectivity index (χ3n) is 4.29. The molecule has 0 fully saturated rings. The summed E-state index contributed by atoms with van der Waals surface area (Å²) < 4.78 is 14.1. The molecule has 0 heterocycles. The van der Waals surface area contributed by atoms with Crippen molar-refractivity contribution in [3.63, 3.8) is 0 Å². The lowest BCUT2D eigenvalue weighted by Crippen LogP contribution is -2.05. The van der Waals surface area contributed by atoms with Gasteiger partial charge in [-0.05, 0) is 83.5 Å². The average molecular weight is 552 g/mol. The molecule has 0 aliphatic heterocycles.